The van der Waals surface area contributed by atoms with E-state index in [2.05, 4.69) is 15.0 Å². The summed E-state index contributed by atoms with van der Waals surface area (Å²) in [6, 6.07) is 5.87. The third-order valence-electron chi connectivity index (χ3n) is 2.40. The molecular formula is C11H9N3OS. The van der Waals surface area contributed by atoms with Gasteiger partial charge in [-0.25, -0.2) is 4.98 Å². The second-order valence-electron chi connectivity index (χ2n) is 3.57. The molecule has 0 fully saturated rings. The van der Waals surface area contributed by atoms with Gasteiger partial charge < -0.3 is 14.4 Å². The van der Waals surface area contributed by atoms with Crippen LogP contribution in [0.15, 0.2) is 28.8 Å². The number of oxazole rings is 1. The average Bonchev–Trinajstić information content (AvgIpc) is 2.81. The topological polar surface area (TPSA) is 57.6 Å². The Bertz CT molecular complexity index is 707. The van der Waals surface area contributed by atoms with Gasteiger partial charge in [0.1, 0.15) is 5.52 Å². The molecule has 0 amide bonds. The largest absolute Gasteiger partial charge is 0.441 e. The van der Waals surface area contributed by atoms with E-state index in [1.165, 1.54) is 0 Å². The Morgan fingerprint density at radius 3 is 3.00 bits per heavy atom. The lowest BCUT2D eigenvalue weighted by Crippen LogP contribution is -1.76. The molecule has 4 nitrogen and oxygen atoms in total. The number of rotatable bonds is 1. The fourth-order valence-corrected chi connectivity index (χ4v) is 1.86. The van der Waals surface area contributed by atoms with Crippen molar-refractivity contribution < 1.29 is 4.42 Å². The van der Waals surface area contributed by atoms with E-state index in [0.717, 1.165) is 22.4 Å². The van der Waals surface area contributed by atoms with Crippen molar-refractivity contribution in [3.63, 3.8) is 0 Å². The second-order valence-corrected chi connectivity index (χ2v) is 3.98. The number of imidazole rings is 1. The molecule has 5 heteroatoms. The highest BCUT2D eigenvalue weighted by Gasteiger charge is 2.05. The van der Waals surface area contributed by atoms with Crippen molar-refractivity contribution in [2.24, 2.45) is 0 Å². The monoisotopic (exact) mass is 231 g/mol. The quantitative estimate of drug-likeness (QED) is 0.632. The highest BCUT2D eigenvalue weighted by atomic mass is 32.1. The lowest BCUT2D eigenvalue weighted by atomic mass is 10.1. The molecule has 3 aromatic rings. The average molecular weight is 231 g/mol. The molecule has 0 saturated heterocycles. The first-order chi connectivity index (χ1) is 7.72. The van der Waals surface area contributed by atoms with Crippen molar-refractivity contribution >= 4 is 23.3 Å². The molecule has 0 aliphatic rings. The van der Waals surface area contributed by atoms with Gasteiger partial charge in [0.2, 0.25) is 0 Å². The van der Waals surface area contributed by atoms with Gasteiger partial charge in [-0.3, -0.25) is 0 Å². The number of nitrogens with one attached hydrogen (secondary N) is 2. The zero-order valence-corrected chi connectivity index (χ0v) is 9.39. The summed E-state index contributed by atoms with van der Waals surface area (Å²) in [4.78, 5) is 10.2. The number of aromatic amines is 2. The minimum atomic E-state index is 0.615. The van der Waals surface area contributed by atoms with Crippen molar-refractivity contribution in [2.75, 3.05) is 0 Å². The second kappa shape index (κ2) is 3.31. The molecule has 0 bridgehead atoms. The summed E-state index contributed by atoms with van der Waals surface area (Å²) in [5.41, 5.74) is 3.63. The third kappa shape index (κ3) is 1.45. The number of hydrogen-bond acceptors (Lipinski definition) is 3. The van der Waals surface area contributed by atoms with Crippen LogP contribution in [0.4, 0.5) is 0 Å². The van der Waals surface area contributed by atoms with E-state index < -0.39 is 0 Å². The number of fused-ring (bicyclic) bond motifs is 1. The first kappa shape index (κ1) is 9.35. The van der Waals surface area contributed by atoms with Crippen LogP contribution >= 0.6 is 12.2 Å². The van der Waals surface area contributed by atoms with Gasteiger partial charge in [-0.15, -0.1) is 0 Å². The lowest BCUT2D eigenvalue weighted by Gasteiger charge is -1.95. The van der Waals surface area contributed by atoms with E-state index in [-0.39, 0.29) is 0 Å². The minimum Gasteiger partial charge on any atom is -0.441 e. The van der Waals surface area contributed by atoms with Crippen LogP contribution in [-0.2, 0) is 0 Å². The molecule has 0 aliphatic carbocycles. The maximum absolute atomic E-state index is 5.48. The van der Waals surface area contributed by atoms with Gasteiger partial charge in [0, 0.05) is 18.7 Å². The summed E-state index contributed by atoms with van der Waals surface area (Å²) in [5, 5.41) is 0. The number of hydrogen-bond donors (Lipinski definition) is 2. The minimum absolute atomic E-state index is 0.615. The summed E-state index contributed by atoms with van der Waals surface area (Å²) in [6.45, 7) is 1.84. The van der Waals surface area contributed by atoms with Crippen molar-refractivity contribution in [1.82, 2.24) is 15.0 Å². The van der Waals surface area contributed by atoms with E-state index in [1.807, 2.05) is 31.3 Å². The Kier molecular flexibility index (Phi) is 1.94. The molecule has 0 aliphatic heterocycles. The summed E-state index contributed by atoms with van der Waals surface area (Å²) in [5.74, 6) is 0.675. The number of aryl methyl sites for hydroxylation is 1. The Morgan fingerprint density at radius 1 is 1.38 bits per heavy atom. The van der Waals surface area contributed by atoms with Crippen LogP contribution in [-0.4, -0.2) is 15.0 Å². The summed E-state index contributed by atoms with van der Waals surface area (Å²) >= 11 is 4.99. The highest BCUT2D eigenvalue weighted by molar-refractivity contribution is 7.71. The van der Waals surface area contributed by atoms with Crippen LogP contribution in [0.2, 0.25) is 0 Å². The van der Waals surface area contributed by atoms with Crippen molar-refractivity contribution in [3.05, 3.63) is 35.1 Å². The van der Waals surface area contributed by atoms with E-state index in [4.69, 9.17) is 16.6 Å². The van der Waals surface area contributed by atoms with Crippen LogP contribution in [0, 0.1) is 11.7 Å². The Labute approximate surface area is 96.3 Å². The number of benzene rings is 1. The fourth-order valence-electron chi connectivity index (χ4n) is 1.70. The third-order valence-corrected chi connectivity index (χ3v) is 2.62. The molecule has 80 valence electrons. The van der Waals surface area contributed by atoms with E-state index in [1.54, 1.807) is 0 Å². The molecule has 1 aromatic carbocycles. The van der Waals surface area contributed by atoms with Crippen molar-refractivity contribution in [3.8, 4) is 11.3 Å². The molecule has 0 radical (unpaired) electrons. The predicted octanol–water partition coefficient (Wildman–Crippen LogP) is 3.19. The predicted molar refractivity (Wildman–Crippen MR) is 63.7 cm³/mol. The van der Waals surface area contributed by atoms with Crippen LogP contribution in [0.1, 0.15) is 5.89 Å². The molecule has 2 aromatic heterocycles. The van der Waals surface area contributed by atoms with Gasteiger partial charge >= 0.3 is 0 Å². The maximum Gasteiger partial charge on any atom is 0.192 e. The van der Waals surface area contributed by atoms with E-state index in [0.29, 0.717) is 10.7 Å². The maximum atomic E-state index is 5.48. The number of H-pyrrole nitrogens is 2. The van der Waals surface area contributed by atoms with Crippen LogP contribution in [0.5, 0.6) is 0 Å². The standard InChI is InChI=1S/C11H9N3OS/c1-6-13-8-3-2-7(4-10(8)15-6)9-5-12-11(16)14-9/h2-5H,1H3,(H2,12,14,16). The first-order valence-corrected chi connectivity index (χ1v) is 5.28. The van der Waals surface area contributed by atoms with Gasteiger partial charge in [-0.05, 0) is 24.4 Å². The Hall–Kier alpha value is -1.88. The van der Waals surface area contributed by atoms with Crippen LogP contribution < -0.4 is 0 Å². The molecular weight excluding hydrogens is 222 g/mol. The van der Waals surface area contributed by atoms with Crippen molar-refractivity contribution in [2.45, 2.75) is 6.92 Å². The number of aromatic nitrogens is 3. The zero-order valence-electron chi connectivity index (χ0n) is 8.57. The van der Waals surface area contributed by atoms with E-state index in [9.17, 15) is 0 Å². The smallest absolute Gasteiger partial charge is 0.192 e. The van der Waals surface area contributed by atoms with Crippen LogP contribution in [0.25, 0.3) is 22.4 Å². The van der Waals surface area contributed by atoms with Gasteiger partial charge in [0.05, 0.1) is 5.69 Å². The Balaban J connectivity index is 2.21. The SMILES string of the molecule is Cc1nc2ccc(-c3c[nH]c(=S)[nH]3)cc2o1. The van der Waals surface area contributed by atoms with Gasteiger partial charge in [0.25, 0.3) is 0 Å². The molecule has 0 spiro atoms. The fraction of sp³-hybridized carbons (Fsp3) is 0.0909. The van der Waals surface area contributed by atoms with Gasteiger partial charge in [-0.2, -0.15) is 0 Å². The lowest BCUT2D eigenvalue weighted by molar-refractivity contribution is 0.561. The zero-order chi connectivity index (χ0) is 11.1. The Morgan fingerprint density at radius 2 is 2.25 bits per heavy atom. The molecule has 16 heavy (non-hydrogen) atoms. The first-order valence-electron chi connectivity index (χ1n) is 4.87. The molecule has 2 N–H and O–H groups in total. The molecule has 0 unspecified atom stereocenters. The highest BCUT2D eigenvalue weighted by Crippen LogP contribution is 2.23. The van der Waals surface area contributed by atoms with E-state index >= 15 is 0 Å². The van der Waals surface area contributed by atoms with Gasteiger partial charge in [-0.1, -0.05) is 6.07 Å². The molecule has 0 saturated carbocycles. The van der Waals surface area contributed by atoms with Crippen LogP contribution in [0.3, 0.4) is 0 Å². The summed E-state index contributed by atoms with van der Waals surface area (Å²) in [7, 11) is 0. The summed E-state index contributed by atoms with van der Waals surface area (Å²) in [6.07, 6.45) is 1.84. The molecule has 2 heterocycles. The van der Waals surface area contributed by atoms with Gasteiger partial charge in [0.15, 0.2) is 16.2 Å². The summed E-state index contributed by atoms with van der Waals surface area (Å²) < 4.78 is 6.09. The molecule has 3 rings (SSSR count). The van der Waals surface area contributed by atoms with Crippen molar-refractivity contribution in [1.29, 1.82) is 0 Å². The normalized spacial score (nSPS) is 11.1. The molecule has 0 atom stereocenters. The number of nitrogens with zero attached hydrogens (tertiary/aromatic N) is 1.